The van der Waals surface area contributed by atoms with Gasteiger partial charge in [-0.25, -0.2) is 0 Å². The third-order valence-corrected chi connectivity index (χ3v) is 3.97. The molecule has 1 atom stereocenters. The standard InChI is InChI=1S/C9H9Br2NS/c1-2-3-4-7(12)6-5-8(10)13-9(6)11/h5,7H,4,12H2,1H3. The quantitative estimate of drug-likeness (QED) is 0.826. The Balaban J connectivity index is 2.79. The molecule has 1 aromatic rings. The molecular formula is C9H9Br2NS. The summed E-state index contributed by atoms with van der Waals surface area (Å²) in [6.45, 7) is 1.82. The summed E-state index contributed by atoms with van der Waals surface area (Å²) in [5.41, 5.74) is 7.07. The molecule has 4 heteroatoms. The molecule has 0 bridgehead atoms. The maximum absolute atomic E-state index is 5.95. The van der Waals surface area contributed by atoms with Crippen molar-refractivity contribution in [3.63, 3.8) is 0 Å². The molecule has 70 valence electrons. The smallest absolute Gasteiger partial charge is 0.0758 e. The van der Waals surface area contributed by atoms with E-state index in [4.69, 9.17) is 5.73 Å². The second-order valence-corrected chi connectivity index (χ2v) is 6.27. The van der Waals surface area contributed by atoms with Crippen molar-refractivity contribution >= 4 is 43.2 Å². The van der Waals surface area contributed by atoms with E-state index in [9.17, 15) is 0 Å². The molecule has 1 rings (SSSR count). The van der Waals surface area contributed by atoms with E-state index in [-0.39, 0.29) is 6.04 Å². The molecule has 0 aromatic carbocycles. The summed E-state index contributed by atoms with van der Waals surface area (Å²) in [6, 6.07) is 2.04. The summed E-state index contributed by atoms with van der Waals surface area (Å²) in [4.78, 5) is 0. The highest BCUT2D eigenvalue weighted by Gasteiger charge is 2.11. The molecule has 1 nitrogen and oxygen atoms in total. The van der Waals surface area contributed by atoms with Crippen molar-refractivity contribution in [2.45, 2.75) is 19.4 Å². The zero-order valence-corrected chi connectivity index (χ0v) is 11.1. The van der Waals surface area contributed by atoms with Gasteiger partial charge in [-0.1, -0.05) is 0 Å². The summed E-state index contributed by atoms with van der Waals surface area (Å²) in [5.74, 6) is 5.82. The van der Waals surface area contributed by atoms with E-state index in [0.717, 1.165) is 13.1 Å². The number of rotatable bonds is 2. The van der Waals surface area contributed by atoms with Crippen molar-refractivity contribution in [2.24, 2.45) is 5.73 Å². The maximum atomic E-state index is 5.95. The van der Waals surface area contributed by atoms with Crippen LogP contribution in [0.2, 0.25) is 0 Å². The molecule has 0 fully saturated rings. The molecule has 0 spiro atoms. The van der Waals surface area contributed by atoms with Crippen molar-refractivity contribution in [3.05, 3.63) is 19.2 Å². The van der Waals surface area contributed by atoms with Gasteiger partial charge in [0.25, 0.3) is 0 Å². The number of halogens is 2. The van der Waals surface area contributed by atoms with Gasteiger partial charge in [0, 0.05) is 12.5 Å². The lowest BCUT2D eigenvalue weighted by Gasteiger charge is -2.05. The minimum atomic E-state index is 0.00405. The Labute approximate surface area is 99.0 Å². The van der Waals surface area contributed by atoms with Gasteiger partial charge in [-0.2, -0.15) is 0 Å². The zero-order chi connectivity index (χ0) is 9.84. The van der Waals surface area contributed by atoms with E-state index in [2.05, 4.69) is 43.7 Å². The van der Waals surface area contributed by atoms with Gasteiger partial charge in [-0.05, 0) is 50.4 Å². The van der Waals surface area contributed by atoms with Gasteiger partial charge >= 0.3 is 0 Å². The first-order valence-corrected chi connectivity index (χ1v) is 6.15. The summed E-state index contributed by atoms with van der Waals surface area (Å²) in [6.07, 6.45) is 0.707. The van der Waals surface area contributed by atoms with Gasteiger partial charge < -0.3 is 5.73 Å². The molecule has 0 saturated heterocycles. The molecule has 1 aromatic heterocycles. The Bertz CT molecular complexity index is 348. The van der Waals surface area contributed by atoms with Crippen LogP contribution in [-0.2, 0) is 0 Å². The first kappa shape index (κ1) is 11.3. The fourth-order valence-corrected chi connectivity index (χ4v) is 3.93. The van der Waals surface area contributed by atoms with Crippen molar-refractivity contribution in [3.8, 4) is 11.8 Å². The van der Waals surface area contributed by atoms with E-state index in [1.807, 2.05) is 13.0 Å². The van der Waals surface area contributed by atoms with Crippen LogP contribution in [0, 0.1) is 11.8 Å². The highest BCUT2D eigenvalue weighted by Crippen LogP contribution is 2.35. The van der Waals surface area contributed by atoms with Gasteiger partial charge in [-0.15, -0.1) is 23.2 Å². The average molecular weight is 323 g/mol. The molecule has 2 N–H and O–H groups in total. The van der Waals surface area contributed by atoms with Crippen LogP contribution >= 0.6 is 43.2 Å². The third kappa shape index (κ3) is 3.10. The Morgan fingerprint density at radius 3 is 2.77 bits per heavy atom. The topological polar surface area (TPSA) is 26.0 Å². The second kappa shape index (κ2) is 5.16. The molecule has 1 unspecified atom stereocenters. The highest BCUT2D eigenvalue weighted by atomic mass is 79.9. The lowest BCUT2D eigenvalue weighted by atomic mass is 10.1. The normalized spacial score (nSPS) is 12.0. The molecule has 0 aliphatic carbocycles. The predicted molar refractivity (Wildman–Crippen MR) is 64.7 cm³/mol. The number of hydrogen-bond acceptors (Lipinski definition) is 2. The molecule has 0 amide bonds. The maximum Gasteiger partial charge on any atom is 0.0758 e. The SMILES string of the molecule is CC#CCC(N)c1cc(Br)sc1Br. The van der Waals surface area contributed by atoms with Crippen LogP contribution in [0.1, 0.15) is 24.9 Å². The fraction of sp³-hybridized carbons (Fsp3) is 0.333. The van der Waals surface area contributed by atoms with Crippen LogP contribution in [0.15, 0.2) is 13.6 Å². The minimum Gasteiger partial charge on any atom is -0.323 e. The predicted octanol–water partition coefficient (Wildman–Crippen LogP) is 3.69. The van der Waals surface area contributed by atoms with E-state index < -0.39 is 0 Å². The summed E-state index contributed by atoms with van der Waals surface area (Å²) >= 11 is 8.52. The van der Waals surface area contributed by atoms with E-state index in [0.29, 0.717) is 6.42 Å². The Hall–Kier alpha value is 0.180. The van der Waals surface area contributed by atoms with Crippen LogP contribution in [0.4, 0.5) is 0 Å². The van der Waals surface area contributed by atoms with E-state index in [1.165, 1.54) is 0 Å². The molecule has 1 heterocycles. The molecule has 0 saturated carbocycles. The zero-order valence-electron chi connectivity index (χ0n) is 7.10. The van der Waals surface area contributed by atoms with Crippen LogP contribution in [0.5, 0.6) is 0 Å². The molecule has 0 aliphatic rings. The largest absolute Gasteiger partial charge is 0.323 e. The second-order valence-electron chi connectivity index (χ2n) is 2.52. The Morgan fingerprint density at radius 2 is 2.31 bits per heavy atom. The van der Waals surface area contributed by atoms with Crippen LogP contribution < -0.4 is 5.73 Å². The Morgan fingerprint density at radius 1 is 1.62 bits per heavy atom. The van der Waals surface area contributed by atoms with Gasteiger partial charge in [0.1, 0.15) is 0 Å². The molecule has 13 heavy (non-hydrogen) atoms. The highest BCUT2D eigenvalue weighted by molar-refractivity contribution is 9.12. The Kier molecular flexibility index (Phi) is 4.47. The monoisotopic (exact) mass is 321 g/mol. The first-order valence-electron chi connectivity index (χ1n) is 3.75. The molecule has 0 aliphatic heterocycles. The molecular weight excluding hydrogens is 314 g/mol. The van der Waals surface area contributed by atoms with E-state index >= 15 is 0 Å². The minimum absolute atomic E-state index is 0.00405. The van der Waals surface area contributed by atoms with Gasteiger partial charge in [0.2, 0.25) is 0 Å². The van der Waals surface area contributed by atoms with Crippen molar-refractivity contribution < 1.29 is 0 Å². The van der Waals surface area contributed by atoms with Crippen molar-refractivity contribution in [1.82, 2.24) is 0 Å². The van der Waals surface area contributed by atoms with Gasteiger partial charge in [0.15, 0.2) is 0 Å². The fourth-order valence-electron chi connectivity index (χ4n) is 0.928. The van der Waals surface area contributed by atoms with Gasteiger partial charge in [-0.3, -0.25) is 0 Å². The number of hydrogen-bond donors (Lipinski definition) is 1. The lowest BCUT2D eigenvalue weighted by molar-refractivity contribution is 0.754. The van der Waals surface area contributed by atoms with Crippen LogP contribution in [-0.4, -0.2) is 0 Å². The molecule has 0 radical (unpaired) electrons. The van der Waals surface area contributed by atoms with E-state index in [1.54, 1.807) is 11.3 Å². The van der Waals surface area contributed by atoms with Crippen molar-refractivity contribution in [2.75, 3.05) is 0 Å². The van der Waals surface area contributed by atoms with Gasteiger partial charge in [0.05, 0.1) is 7.57 Å². The number of nitrogens with two attached hydrogens (primary N) is 1. The van der Waals surface area contributed by atoms with Crippen molar-refractivity contribution in [1.29, 1.82) is 0 Å². The summed E-state index contributed by atoms with van der Waals surface area (Å²) < 4.78 is 2.18. The number of thiophene rings is 1. The first-order chi connectivity index (χ1) is 6.15. The average Bonchev–Trinajstić information content (AvgIpc) is 2.41. The summed E-state index contributed by atoms with van der Waals surface area (Å²) in [7, 11) is 0. The lowest BCUT2D eigenvalue weighted by Crippen LogP contribution is -2.08. The third-order valence-electron chi connectivity index (χ3n) is 1.58. The van der Waals surface area contributed by atoms with Crippen LogP contribution in [0.25, 0.3) is 0 Å². The van der Waals surface area contributed by atoms with Crippen LogP contribution in [0.3, 0.4) is 0 Å². The summed E-state index contributed by atoms with van der Waals surface area (Å²) in [5, 5.41) is 0.